The van der Waals surface area contributed by atoms with Gasteiger partial charge in [-0.15, -0.1) is 0 Å². The van der Waals surface area contributed by atoms with Crippen molar-refractivity contribution in [2.75, 3.05) is 11.9 Å². The van der Waals surface area contributed by atoms with Gasteiger partial charge in [-0.2, -0.15) is 0 Å². The van der Waals surface area contributed by atoms with Gasteiger partial charge in [0.25, 0.3) is 0 Å². The van der Waals surface area contributed by atoms with E-state index in [1.165, 1.54) is 6.07 Å². The third-order valence-electron chi connectivity index (χ3n) is 3.19. The Kier molecular flexibility index (Phi) is 5.67. The van der Waals surface area contributed by atoms with Crippen molar-refractivity contribution in [2.24, 2.45) is 0 Å². The molecule has 1 heterocycles. The summed E-state index contributed by atoms with van der Waals surface area (Å²) in [6.45, 7) is 5.11. The van der Waals surface area contributed by atoms with Crippen molar-refractivity contribution in [3.8, 4) is 0 Å². The van der Waals surface area contributed by atoms with Crippen molar-refractivity contribution in [1.29, 1.82) is 0 Å². The molecule has 112 valence electrons. The standard InChI is InChI=1S/C17H22FN3/c1-3-7-14-12-16(19-10-4-2)21-17(20-14)11-13-8-5-6-9-15(13)18/h5-6,8-9,12H,3-4,7,10-11H2,1-2H3,(H,19,20,21). The molecule has 0 fully saturated rings. The second-order valence-corrected chi connectivity index (χ2v) is 5.11. The lowest BCUT2D eigenvalue weighted by molar-refractivity contribution is 0.612. The summed E-state index contributed by atoms with van der Waals surface area (Å²) in [6.07, 6.45) is 3.40. The topological polar surface area (TPSA) is 37.8 Å². The van der Waals surface area contributed by atoms with Crippen molar-refractivity contribution >= 4 is 5.82 Å². The summed E-state index contributed by atoms with van der Waals surface area (Å²) in [5.41, 5.74) is 1.64. The van der Waals surface area contributed by atoms with Gasteiger partial charge in [0.15, 0.2) is 0 Å². The Morgan fingerprint density at radius 1 is 1.10 bits per heavy atom. The van der Waals surface area contributed by atoms with E-state index >= 15 is 0 Å². The van der Waals surface area contributed by atoms with Gasteiger partial charge >= 0.3 is 0 Å². The maximum absolute atomic E-state index is 13.8. The second kappa shape index (κ2) is 7.72. The highest BCUT2D eigenvalue weighted by Crippen LogP contribution is 2.14. The van der Waals surface area contributed by atoms with Gasteiger partial charge in [0.1, 0.15) is 17.5 Å². The molecule has 2 rings (SSSR count). The molecular formula is C17H22FN3. The van der Waals surface area contributed by atoms with Gasteiger partial charge in [0.05, 0.1) is 0 Å². The van der Waals surface area contributed by atoms with Crippen LogP contribution in [0.1, 0.15) is 43.8 Å². The molecule has 0 unspecified atom stereocenters. The molecule has 0 saturated carbocycles. The van der Waals surface area contributed by atoms with Crippen LogP contribution < -0.4 is 5.32 Å². The lowest BCUT2D eigenvalue weighted by atomic mass is 10.1. The number of hydrogen-bond donors (Lipinski definition) is 1. The molecule has 3 nitrogen and oxygen atoms in total. The Morgan fingerprint density at radius 2 is 1.90 bits per heavy atom. The zero-order valence-electron chi connectivity index (χ0n) is 12.7. The minimum atomic E-state index is -0.204. The Balaban J connectivity index is 2.24. The maximum Gasteiger partial charge on any atom is 0.135 e. The minimum Gasteiger partial charge on any atom is -0.370 e. The summed E-state index contributed by atoms with van der Waals surface area (Å²) < 4.78 is 13.8. The second-order valence-electron chi connectivity index (χ2n) is 5.11. The average Bonchev–Trinajstić information content (AvgIpc) is 2.48. The SMILES string of the molecule is CCCNc1cc(CCC)nc(Cc2ccccc2F)n1. The number of benzene rings is 1. The van der Waals surface area contributed by atoms with Gasteiger partial charge < -0.3 is 5.32 Å². The fourth-order valence-corrected chi connectivity index (χ4v) is 2.17. The van der Waals surface area contributed by atoms with Gasteiger partial charge in [-0.05, 0) is 24.5 Å². The Bertz CT molecular complexity index is 584. The van der Waals surface area contributed by atoms with E-state index in [4.69, 9.17) is 0 Å². The summed E-state index contributed by atoms with van der Waals surface area (Å²) in [4.78, 5) is 9.05. The largest absolute Gasteiger partial charge is 0.370 e. The zero-order chi connectivity index (χ0) is 15.1. The normalized spacial score (nSPS) is 10.6. The molecule has 0 spiro atoms. The van der Waals surface area contributed by atoms with Crippen LogP contribution in [0.3, 0.4) is 0 Å². The number of anilines is 1. The highest BCUT2D eigenvalue weighted by Gasteiger charge is 2.08. The van der Waals surface area contributed by atoms with Crippen LogP contribution in [-0.2, 0) is 12.8 Å². The highest BCUT2D eigenvalue weighted by molar-refractivity contribution is 5.37. The number of halogens is 1. The van der Waals surface area contributed by atoms with E-state index in [1.807, 2.05) is 12.1 Å². The van der Waals surface area contributed by atoms with Crippen molar-refractivity contribution in [1.82, 2.24) is 9.97 Å². The van der Waals surface area contributed by atoms with E-state index in [1.54, 1.807) is 12.1 Å². The molecule has 0 aliphatic rings. The molecule has 1 aromatic carbocycles. The minimum absolute atomic E-state index is 0.204. The van der Waals surface area contributed by atoms with Crippen LogP contribution in [0.4, 0.5) is 10.2 Å². The molecular weight excluding hydrogens is 265 g/mol. The molecule has 0 aliphatic heterocycles. The summed E-state index contributed by atoms with van der Waals surface area (Å²) in [6, 6.07) is 8.78. The van der Waals surface area contributed by atoms with Crippen LogP contribution in [0, 0.1) is 5.82 Å². The van der Waals surface area contributed by atoms with E-state index in [-0.39, 0.29) is 5.82 Å². The number of aryl methyl sites for hydroxylation is 1. The predicted molar refractivity (Wildman–Crippen MR) is 84.0 cm³/mol. The van der Waals surface area contributed by atoms with Gasteiger partial charge in [0.2, 0.25) is 0 Å². The quantitative estimate of drug-likeness (QED) is 0.837. The smallest absolute Gasteiger partial charge is 0.135 e. The molecule has 0 radical (unpaired) electrons. The third-order valence-corrected chi connectivity index (χ3v) is 3.19. The van der Waals surface area contributed by atoms with Gasteiger partial charge in [0, 0.05) is 24.7 Å². The van der Waals surface area contributed by atoms with Crippen LogP contribution in [0.25, 0.3) is 0 Å². The molecule has 2 aromatic rings. The third kappa shape index (κ3) is 4.52. The molecule has 1 N–H and O–H groups in total. The van der Waals surface area contributed by atoms with Gasteiger partial charge in [-0.25, -0.2) is 14.4 Å². The van der Waals surface area contributed by atoms with Crippen molar-refractivity contribution in [3.63, 3.8) is 0 Å². The highest BCUT2D eigenvalue weighted by atomic mass is 19.1. The maximum atomic E-state index is 13.8. The first-order valence-corrected chi connectivity index (χ1v) is 7.57. The number of nitrogens with one attached hydrogen (secondary N) is 1. The summed E-state index contributed by atoms with van der Waals surface area (Å²) in [5, 5.41) is 3.29. The first-order valence-electron chi connectivity index (χ1n) is 7.57. The number of rotatable bonds is 7. The predicted octanol–water partition coefficient (Wildman–Crippen LogP) is 3.98. The molecule has 0 bridgehead atoms. The fraction of sp³-hybridized carbons (Fsp3) is 0.412. The van der Waals surface area contributed by atoms with Crippen LogP contribution in [0.5, 0.6) is 0 Å². The molecule has 4 heteroatoms. The first-order chi connectivity index (χ1) is 10.2. The molecule has 0 aliphatic carbocycles. The van der Waals surface area contributed by atoms with Crippen LogP contribution in [0.15, 0.2) is 30.3 Å². The summed E-state index contributed by atoms with van der Waals surface area (Å²) in [7, 11) is 0. The molecule has 21 heavy (non-hydrogen) atoms. The fourth-order valence-electron chi connectivity index (χ4n) is 2.17. The average molecular weight is 287 g/mol. The van der Waals surface area contributed by atoms with E-state index in [2.05, 4.69) is 29.1 Å². The lowest BCUT2D eigenvalue weighted by Crippen LogP contribution is -2.08. The van der Waals surface area contributed by atoms with E-state index < -0.39 is 0 Å². The molecule has 0 atom stereocenters. The van der Waals surface area contributed by atoms with Crippen molar-refractivity contribution in [3.05, 3.63) is 53.2 Å². The molecule has 0 saturated heterocycles. The van der Waals surface area contributed by atoms with Crippen LogP contribution in [0.2, 0.25) is 0 Å². The van der Waals surface area contributed by atoms with Crippen LogP contribution >= 0.6 is 0 Å². The lowest BCUT2D eigenvalue weighted by Gasteiger charge is -2.09. The van der Waals surface area contributed by atoms with Crippen LogP contribution in [-0.4, -0.2) is 16.5 Å². The number of nitrogens with zero attached hydrogens (tertiary/aromatic N) is 2. The number of aromatic nitrogens is 2. The Hall–Kier alpha value is -1.97. The van der Waals surface area contributed by atoms with Crippen molar-refractivity contribution < 1.29 is 4.39 Å². The van der Waals surface area contributed by atoms with E-state index in [9.17, 15) is 4.39 Å². The summed E-state index contributed by atoms with van der Waals surface area (Å²) >= 11 is 0. The van der Waals surface area contributed by atoms with Gasteiger partial charge in [-0.1, -0.05) is 38.5 Å². The zero-order valence-corrected chi connectivity index (χ0v) is 12.7. The first kappa shape index (κ1) is 15.4. The monoisotopic (exact) mass is 287 g/mol. The number of hydrogen-bond acceptors (Lipinski definition) is 3. The van der Waals surface area contributed by atoms with E-state index in [0.717, 1.165) is 37.3 Å². The molecule has 0 amide bonds. The van der Waals surface area contributed by atoms with E-state index in [0.29, 0.717) is 17.8 Å². The Morgan fingerprint density at radius 3 is 2.62 bits per heavy atom. The van der Waals surface area contributed by atoms with Crippen molar-refractivity contribution in [2.45, 2.75) is 39.5 Å². The summed E-state index contributed by atoms with van der Waals surface area (Å²) in [5.74, 6) is 1.30. The molecule has 1 aromatic heterocycles. The van der Waals surface area contributed by atoms with Gasteiger partial charge in [-0.3, -0.25) is 0 Å². The Labute approximate surface area is 125 Å².